The van der Waals surface area contributed by atoms with Crippen LogP contribution in [0.5, 0.6) is 0 Å². The summed E-state index contributed by atoms with van der Waals surface area (Å²) in [6, 6.07) is 0. The lowest BCUT2D eigenvalue weighted by atomic mass is 10.3. The molecule has 0 aromatic carbocycles. The van der Waals surface area contributed by atoms with E-state index in [4.69, 9.17) is 9.47 Å². The van der Waals surface area contributed by atoms with Gasteiger partial charge >= 0.3 is 0 Å². The standard InChI is InChI=1S/C8H12O2/c1-6(2)8-9-4-7(3)5-10-8/h8H,1,3-5H2,2H3. The first-order valence-corrected chi connectivity index (χ1v) is 3.25. The predicted octanol–water partition coefficient (Wildman–Crippen LogP) is 1.49. The SMILES string of the molecule is C=C1COC(C(=C)C)OC1. The maximum absolute atomic E-state index is 5.23. The number of hydrogen-bond donors (Lipinski definition) is 0. The van der Waals surface area contributed by atoms with E-state index in [0.29, 0.717) is 13.2 Å². The van der Waals surface area contributed by atoms with Crippen molar-refractivity contribution in [3.63, 3.8) is 0 Å². The number of ether oxygens (including phenoxy) is 2. The second-order valence-corrected chi connectivity index (χ2v) is 2.55. The number of rotatable bonds is 1. The smallest absolute Gasteiger partial charge is 0.180 e. The highest BCUT2D eigenvalue weighted by molar-refractivity contribution is 5.02. The Hall–Kier alpha value is -0.600. The van der Waals surface area contributed by atoms with Crippen LogP contribution in [0.3, 0.4) is 0 Å². The molecule has 56 valence electrons. The summed E-state index contributed by atoms with van der Waals surface area (Å²) in [6.07, 6.45) is -0.217. The van der Waals surface area contributed by atoms with Crippen molar-refractivity contribution in [3.8, 4) is 0 Å². The van der Waals surface area contributed by atoms with Gasteiger partial charge in [-0.25, -0.2) is 0 Å². The van der Waals surface area contributed by atoms with Gasteiger partial charge < -0.3 is 9.47 Å². The van der Waals surface area contributed by atoms with Gasteiger partial charge in [0.15, 0.2) is 6.29 Å². The molecule has 1 aliphatic heterocycles. The summed E-state index contributed by atoms with van der Waals surface area (Å²) in [6.45, 7) is 10.5. The fraction of sp³-hybridized carbons (Fsp3) is 0.500. The molecule has 1 heterocycles. The zero-order valence-corrected chi connectivity index (χ0v) is 6.22. The molecule has 0 radical (unpaired) electrons. The highest BCUT2D eigenvalue weighted by atomic mass is 16.7. The Balaban J connectivity index is 2.40. The van der Waals surface area contributed by atoms with Crippen molar-refractivity contribution >= 4 is 0 Å². The van der Waals surface area contributed by atoms with Crippen LogP contribution in [0.25, 0.3) is 0 Å². The van der Waals surface area contributed by atoms with E-state index in [-0.39, 0.29) is 6.29 Å². The molecule has 0 bridgehead atoms. The Labute approximate surface area is 61.1 Å². The Morgan fingerprint density at radius 2 is 2.00 bits per heavy atom. The van der Waals surface area contributed by atoms with Gasteiger partial charge in [0.05, 0.1) is 13.2 Å². The fourth-order valence-electron chi connectivity index (χ4n) is 0.761. The Morgan fingerprint density at radius 3 is 2.40 bits per heavy atom. The van der Waals surface area contributed by atoms with Crippen molar-refractivity contribution in [2.75, 3.05) is 13.2 Å². The molecular weight excluding hydrogens is 128 g/mol. The van der Waals surface area contributed by atoms with E-state index >= 15 is 0 Å². The maximum Gasteiger partial charge on any atom is 0.180 e. The van der Waals surface area contributed by atoms with Crippen LogP contribution in [0.2, 0.25) is 0 Å². The highest BCUT2D eigenvalue weighted by Gasteiger charge is 2.15. The average Bonchev–Trinajstić information content (AvgIpc) is 1.88. The Bertz CT molecular complexity index is 151. The number of hydrogen-bond acceptors (Lipinski definition) is 2. The van der Waals surface area contributed by atoms with Gasteiger partial charge in [0, 0.05) is 0 Å². The van der Waals surface area contributed by atoms with Gasteiger partial charge in [-0.15, -0.1) is 0 Å². The molecule has 0 unspecified atom stereocenters. The minimum atomic E-state index is -0.217. The molecule has 0 aromatic rings. The van der Waals surface area contributed by atoms with Crippen LogP contribution in [0.4, 0.5) is 0 Å². The molecule has 1 aliphatic rings. The third-order valence-electron chi connectivity index (χ3n) is 1.28. The normalized spacial score (nSPS) is 21.1. The minimum absolute atomic E-state index is 0.217. The van der Waals surface area contributed by atoms with E-state index in [1.54, 1.807) is 0 Å². The summed E-state index contributed by atoms with van der Waals surface area (Å²) in [5.74, 6) is 0. The van der Waals surface area contributed by atoms with E-state index < -0.39 is 0 Å². The fourth-order valence-corrected chi connectivity index (χ4v) is 0.761. The van der Waals surface area contributed by atoms with E-state index in [1.165, 1.54) is 0 Å². The molecule has 0 atom stereocenters. The lowest BCUT2D eigenvalue weighted by Crippen LogP contribution is -2.26. The van der Waals surface area contributed by atoms with Crippen molar-refractivity contribution in [3.05, 3.63) is 24.3 Å². The summed E-state index contributed by atoms with van der Waals surface area (Å²) in [5, 5.41) is 0. The molecule has 10 heavy (non-hydrogen) atoms. The molecule has 2 nitrogen and oxygen atoms in total. The van der Waals surface area contributed by atoms with Gasteiger partial charge in [0.2, 0.25) is 0 Å². The average molecular weight is 140 g/mol. The molecule has 1 rings (SSSR count). The first-order valence-electron chi connectivity index (χ1n) is 3.25. The molecule has 0 saturated carbocycles. The van der Waals surface area contributed by atoms with Crippen LogP contribution in [0, 0.1) is 0 Å². The van der Waals surface area contributed by atoms with Crippen LogP contribution < -0.4 is 0 Å². The molecule has 2 heteroatoms. The lowest BCUT2D eigenvalue weighted by molar-refractivity contribution is -0.132. The summed E-state index contributed by atoms with van der Waals surface area (Å²) in [4.78, 5) is 0. The van der Waals surface area contributed by atoms with Gasteiger partial charge in [-0.05, 0) is 18.1 Å². The molecule has 1 saturated heterocycles. The van der Waals surface area contributed by atoms with Crippen molar-refractivity contribution in [1.29, 1.82) is 0 Å². The third kappa shape index (κ3) is 1.69. The maximum atomic E-state index is 5.23. The predicted molar refractivity (Wildman–Crippen MR) is 39.6 cm³/mol. The van der Waals surface area contributed by atoms with Crippen molar-refractivity contribution in [1.82, 2.24) is 0 Å². The van der Waals surface area contributed by atoms with Crippen molar-refractivity contribution in [2.45, 2.75) is 13.2 Å². The molecule has 0 amide bonds. The van der Waals surface area contributed by atoms with Gasteiger partial charge in [0.1, 0.15) is 0 Å². The summed E-state index contributed by atoms with van der Waals surface area (Å²) in [7, 11) is 0. The monoisotopic (exact) mass is 140 g/mol. The summed E-state index contributed by atoms with van der Waals surface area (Å²) < 4.78 is 10.5. The van der Waals surface area contributed by atoms with Crippen molar-refractivity contribution < 1.29 is 9.47 Å². The topological polar surface area (TPSA) is 18.5 Å². The van der Waals surface area contributed by atoms with Crippen LogP contribution in [0.15, 0.2) is 24.3 Å². The Morgan fingerprint density at radius 1 is 1.50 bits per heavy atom. The van der Waals surface area contributed by atoms with E-state index in [0.717, 1.165) is 11.1 Å². The summed E-state index contributed by atoms with van der Waals surface area (Å²) >= 11 is 0. The van der Waals surface area contributed by atoms with Crippen LogP contribution in [0.1, 0.15) is 6.92 Å². The molecule has 1 fully saturated rings. The summed E-state index contributed by atoms with van der Waals surface area (Å²) in [5.41, 5.74) is 1.89. The molecule has 0 aromatic heterocycles. The lowest BCUT2D eigenvalue weighted by Gasteiger charge is -2.24. The van der Waals surface area contributed by atoms with Gasteiger partial charge in [0.25, 0.3) is 0 Å². The van der Waals surface area contributed by atoms with E-state index in [1.807, 2.05) is 6.92 Å². The molecule has 0 N–H and O–H groups in total. The quantitative estimate of drug-likeness (QED) is 0.514. The second-order valence-electron chi connectivity index (χ2n) is 2.55. The van der Waals surface area contributed by atoms with Gasteiger partial charge in [-0.2, -0.15) is 0 Å². The third-order valence-corrected chi connectivity index (χ3v) is 1.28. The zero-order valence-electron chi connectivity index (χ0n) is 6.22. The molecule has 0 aliphatic carbocycles. The van der Waals surface area contributed by atoms with Gasteiger partial charge in [-0.3, -0.25) is 0 Å². The minimum Gasteiger partial charge on any atom is -0.344 e. The Kier molecular flexibility index (Phi) is 2.25. The molecular formula is C8H12O2. The zero-order chi connectivity index (χ0) is 7.56. The first-order chi connectivity index (χ1) is 4.70. The largest absolute Gasteiger partial charge is 0.344 e. The van der Waals surface area contributed by atoms with Crippen LogP contribution >= 0.6 is 0 Å². The highest BCUT2D eigenvalue weighted by Crippen LogP contribution is 2.13. The van der Waals surface area contributed by atoms with Gasteiger partial charge in [-0.1, -0.05) is 13.2 Å². The second kappa shape index (κ2) is 2.99. The van der Waals surface area contributed by atoms with E-state index in [2.05, 4.69) is 13.2 Å². The van der Waals surface area contributed by atoms with Crippen LogP contribution in [-0.4, -0.2) is 19.5 Å². The van der Waals surface area contributed by atoms with Crippen LogP contribution in [-0.2, 0) is 9.47 Å². The first kappa shape index (κ1) is 7.51. The van der Waals surface area contributed by atoms with Crippen molar-refractivity contribution in [2.24, 2.45) is 0 Å². The molecule has 0 spiro atoms. The van der Waals surface area contributed by atoms with E-state index in [9.17, 15) is 0 Å².